The number of benzene rings is 1. The predicted octanol–water partition coefficient (Wildman–Crippen LogP) is 2.48. The highest BCUT2D eigenvalue weighted by Crippen LogP contribution is 2.23. The van der Waals surface area contributed by atoms with Crippen LogP contribution in [0.15, 0.2) is 30.5 Å². The quantitative estimate of drug-likeness (QED) is 0.924. The van der Waals surface area contributed by atoms with E-state index in [4.69, 9.17) is 5.11 Å². The number of rotatable bonds is 2. The third-order valence-corrected chi connectivity index (χ3v) is 4.18. The zero-order chi connectivity index (χ0) is 15.7. The van der Waals surface area contributed by atoms with Crippen molar-refractivity contribution in [3.63, 3.8) is 0 Å². The average molecular weight is 298 g/mol. The summed E-state index contributed by atoms with van der Waals surface area (Å²) in [6, 6.07) is 7.76. The van der Waals surface area contributed by atoms with Crippen molar-refractivity contribution in [2.24, 2.45) is 5.92 Å². The fourth-order valence-electron chi connectivity index (χ4n) is 2.98. The molecule has 114 valence electrons. The molecule has 0 spiro atoms. The molecular weight excluding hydrogens is 280 g/mol. The average Bonchev–Trinajstić information content (AvgIpc) is 2.53. The van der Waals surface area contributed by atoms with E-state index >= 15 is 0 Å². The molecule has 0 bridgehead atoms. The molecule has 5 heteroatoms. The third kappa shape index (κ3) is 2.66. The van der Waals surface area contributed by atoms with Crippen molar-refractivity contribution in [3.05, 3.63) is 41.7 Å². The highest BCUT2D eigenvalue weighted by atomic mass is 16.4. The number of amides is 1. The van der Waals surface area contributed by atoms with Crippen molar-refractivity contribution in [1.29, 1.82) is 0 Å². The van der Waals surface area contributed by atoms with Gasteiger partial charge in [0.25, 0.3) is 5.91 Å². The minimum atomic E-state index is -0.834. The maximum atomic E-state index is 12.7. The Morgan fingerprint density at radius 3 is 2.91 bits per heavy atom. The molecule has 0 aliphatic carbocycles. The van der Waals surface area contributed by atoms with Crippen LogP contribution in [0.1, 0.15) is 28.9 Å². The molecule has 5 nitrogen and oxygen atoms in total. The van der Waals surface area contributed by atoms with Crippen LogP contribution >= 0.6 is 0 Å². The van der Waals surface area contributed by atoms with Gasteiger partial charge in [0.05, 0.1) is 5.92 Å². The Morgan fingerprint density at radius 1 is 1.32 bits per heavy atom. The summed E-state index contributed by atoms with van der Waals surface area (Å²) in [7, 11) is 0. The largest absolute Gasteiger partial charge is 0.481 e. The van der Waals surface area contributed by atoms with E-state index in [1.54, 1.807) is 11.1 Å². The minimum absolute atomic E-state index is 0.180. The minimum Gasteiger partial charge on any atom is -0.481 e. The lowest BCUT2D eigenvalue weighted by molar-refractivity contribution is -0.143. The second kappa shape index (κ2) is 5.75. The number of hydrogen-bond acceptors (Lipinski definition) is 3. The monoisotopic (exact) mass is 298 g/mol. The summed E-state index contributed by atoms with van der Waals surface area (Å²) in [6.07, 6.45) is 2.97. The number of fused-ring (bicyclic) bond motifs is 1. The predicted molar refractivity (Wildman–Crippen MR) is 82.7 cm³/mol. The van der Waals surface area contributed by atoms with Gasteiger partial charge in [0.15, 0.2) is 0 Å². The number of carboxylic acid groups (broad SMARTS) is 1. The van der Waals surface area contributed by atoms with Gasteiger partial charge in [-0.3, -0.25) is 14.6 Å². The molecule has 0 radical (unpaired) electrons. The first-order valence-corrected chi connectivity index (χ1v) is 7.43. The van der Waals surface area contributed by atoms with Gasteiger partial charge >= 0.3 is 5.97 Å². The van der Waals surface area contributed by atoms with Gasteiger partial charge in [0, 0.05) is 24.7 Å². The van der Waals surface area contributed by atoms with E-state index in [1.807, 2.05) is 31.2 Å². The summed E-state index contributed by atoms with van der Waals surface area (Å²) in [5.41, 5.74) is 1.53. The molecule has 22 heavy (non-hydrogen) atoms. The van der Waals surface area contributed by atoms with Gasteiger partial charge < -0.3 is 10.0 Å². The maximum absolute atomic E-state index is 12.7. The number of hydrogen-bond donors (Lipinski definition) is 1. The molecular formula is C17H18N2O3. The topological polar surface area (TPSA) is 70.5 Å². The number of nitrogens with zero attached hydrogens (tertiary/aromatic N) is 2. The summed E-state index contributed by atoms with van der Waals surface area (Å²) < 4.78 is 0. The Morgan fingerprint density at radius 2 is 2.14 bits per heavy atom. The van der Waals surface area contributed by atoms with Crippen LogP contribution in [0.5, 0.6) is 0 Å². The Bertz CT molecular complexity index is 742. The number of aryl methyl sites for hydroxylation is 1. The van der Waals surface area contributed by atoms with Gasteiger partial charge in [0.1, 0.15) is 5.69 Å². The van der Waals surface area contributed by atoms with Crippen LogP contribution in [0.4, 0.5) is 0 Å². The maximum Gasteiger partial charge on any atom is 0.308 e. The number of carboxylic acids is 1. The van der Waals surface area contributed by atoms with Crippen molar-refractivity contribution in [2.75, 3.05) is 13.1 Å². The Hall–Kier alpha value is -2.43. The number of likely N-dealkylation sites (tertiary alicyclic amines) is 1. The second-order valence-corrected chi connectivity index (χ2v) is 5.81. The molecule has 2 aromatic rings. The van der Waals surface area contributed by atoms with Crippen LogP contribution in [0.3, 0.4) is 0 Å². The zero-order valence-corrected chi connectivity index (χ0v) is 12.5. The number of piperidine rings is 1. The van der Waals surface area contributed by atoms with Crippen LogP contribution in [-0.2, 0) is 4.79 Å². The van der Waals surface area contributed by atoms with Crippen LogP contribution in [0.25, 0.3) is 10.8 Å². The van der Waals surface area contributed by atoms with E-state index in [0.29, 0.717) is 25.1 Å². The molecule has 1 aliphatic heterocycles. The van der Waals surface area contributed by atoms with Gasteiger partial charge in [-0.1, -0.05) is 23.8 Å². The number of aromatic nitrogens is 1. The first-order chi connectivity index (χ1) is 10.6. The number of carbonyl (C=O) groups is 2. The fourth-order valence-corrected chi connectivity index (χ4v) is 2.98. The Labute approximate surface area is 128 Å². The molecule has 1 amide bonds. The summed E-state index contributed by atoms with van der Waals surface area (Å²) >= 11 is 0. The Kier molecular flexibility index (Phi) is 3.79. The fraction of sp³-hybridized carbons (Fsp3) is 0.353. The first-order valence-electron chi connectivity index (χ1n) is 7.43. The van der Waals surface area contributed by atoms with Crippen LogP contribution in [-0.4, -0.2) is 40.0 Å². The summed E-state index contributed by atoms with van der Waals surface area (Å²) in [5.74, 6) is -1.49. The lowest BCUT2D eigenvalue weighted by atomic mass is 9.97. The standard InChI is InChI=1S/C17H18N2O3/c1-11-4-5-14-12(9-11)6-7-18-15(14)16(20)19-8-2-3-13(10-19)17(21)22/h4-7,9,13H,2-3,8,10H2,1H3,(H,21,22). The van der Waals surface area contributed by atoms with Crippen LogP contribution in [0.2, 0.25) is 0 Å². The van der Waals surface area contributed by atoms with Gasteiger partial charge in [-0.25, -0.2) is 0 Å². The zero-order valence-electron chi connectivity index (χ0n) is 12.5. The first kappa shape index (κ1) is 14.5. The van der Waals surface area contributed by atoms with E-state index < -0.39 is 11.9 Å². The van der Waals surface area contributed by atoms with Crippen molar-refractivity contribution in [2.45, 2.75) is 19.8 Å². The van der Waals surface area contributed by atoms with Gasteiger partial charge in [0.2, 0.25) is 0 Å². The highest BCUT2D eigenvalue weighted by molar-refractivity contribution is 6.05. The molecule has 2 heterocycles. The summed E-state index contributed by atoms with van der Waals surface area (Å²) in [4.78, 5) is 29.8. The number of pyridine rings is 1. The van der Waals surface area contributed by atoms with Crippen molar-refractivity contribution in [3.8, 4) is 0 Å². The van der Waals surface area contributed by atoms with E-state index in [0.717, 1.165) is 16.3 Å². The van der Waals surface area contributed by atoms with E-state index in [9.17, 15) is 9.59 Å². The second-order valence-electron chi connectivity index (χ2n) is 5.81. The molecule has 0 saturated carbocycles. The van der Waals surface area contributed by atoms with E-state index in [-0.39, 0.29) is 12.5 Å². The molecule has 3 rings (SSSR count). The van der Waals surface area contributed by atoms with Gasteiger partial charge in [-0.15, -0.1) is 0 Å². The van der Waals surface area contributed by atoms with Gasteiger partial charge in [-0.2, -0.15) is 0 Å². The summed E-state index contributed by atoms with van der Waals surface area (Å²) in [5, 5.41) is 10.9. The smallest absolute Gasteiger partial charge is 0.308 e. The molecule has 1 atom stereocenters. The molecule has 1 unspecified atom stereocenters. The Balaban J connectivity index is 1.93. The highest BCUT2D eigenvalue weighted by Gasteiger charge is 2.29. The lowest BCUT2D eigenvalue weighted by Gasteiger charge is -2.30. The van der Waals surface area contributed by atoms with Crippen molar-refractivity contribution >= 4 is 22.6 Å². The lowest BCUT2D eigenvalue weighted by Crippen LogP contribution is -2.42. The van der Waals surface area contributed by atoms with Crippen molar-refractivity contribution < 1.29 is 14.7 Å². The van der Waals surface area contributed by atoms with Crippen molar-refractivity contribution in [1.82, 2.24) is 9.88 Å². The van der Waals surface area contributed by atoms with Crippen LogP contribution < -0.4 is 0 Å². The number of aliphatic carboxylic acids is 1. The van der Waals surface area contributed by atoms with Crippen LogP contribution in [0, 0.1) is 12.8 Å². The van der Waals surface area contributed by atoms with E-state index in [1.165, 1.54) is 0 Å². The number of carbonyl (C=O) groups excluding carboxylic acids is 1. The molecule has 1 fully saturated rings. The molecule has 1 N–H and O–H groups in total. The molecule has 1 saturated heterocycles. The molecule has 1 aromatic carbocycles. The molecule has 1 aliphatic rings. The normalized spacial score (nSPS) is 18.4. The molecule has 1 aromatic heterocycles. The third-order valence-electron chi connectivity index (χ3n) is 4.18. The van der Waals surface area contributed by atoms with E-state index in [2.05, 4.69) is 4.98 Å². The summed E-state index contributed by atoms with van der Waals surface area (Å²) in [6.45, 7) is 2.86. The SMILES string of the molecule is Cc1ccc2c(C(=O)N3CCCC(C(=O)O)C3)nccc2c1. The van der Waals surface area contributed by atoms with Gasteiger partial charge in [-0.05, 0) is 31.2 Å².